The number of esters is 1. The molecule has 1 amide bonds. The Bertz CT molecular complexity index is 1210. The second kappa shape index (κ2) is 8.57. The van der Waals surface area contributed by atoms with E-state index in [1.165, 1.54) is 11.5 Å². The summed E-state index contributed by atoms with van der Waals surface area (Å²) in [4.78, 5) is 44.2. The lowest BCUT2D eigenvalue weighted by molar-refractivity contribution is -0.118. The highest BCUT2D eigenvalue weighted by atomic mass is 16.5. The Morgan fingerprint density at radius 3 is 2.71 bits per heavy atom. The molecule has 0 bridgehead atoms. The Labute approximate surface area is 178 Å². The number of amides is 1. The Hall–Kier alpha value is -3.72. The number of piperazine rings is 1. The molecule has 160 valence electrons. The number of fused-ring (bicyclic) bond motifs is 1. The van der Waals surface area contributed by atoms with Gasteiger partial charge in [-0.3, -0.25) is 14.0 Å². The molecule has 0 aliphatic carbocycles. The van der Waals surface area contributed by atoms with Crippen molar-refractivity contribution in [1.82, 2.24) is 14.7 Å². The highest BCUT2D eigenvalue weighted by Crippen LogP contribution is 2.25. The number of carbonyl (C=O) groups excluding carboxylic acids is 2. The molecule has 1 aromatic carbocycles. The predicted octanol–water partition coefficient (Wildman–Crippen LogP) is 1.30. The summed E-state index contributed by atoms with van der Waals surface area (Å²) in [6.07, 6.45) is 1.61. The lowest BCUT2D eigenvalue weighted by Crippen LogP contribution is -2.48. The monoisotopic (exact) mass is 422 g/mol. The number of pyridine rings is 1. The standard InChI is InChI=1S/C22H22N4O5/c1-14-10-16(25-9-8-23-11-17(25)27)20-24-18(22(29)30-2)19(21(28)26(20)12-14)31-13-15-6-4-3-5-7-15/h3-7,10,12,23H,8-9,11,13H2,1-2H3. The van der Waals surface area contributed by atoms with Gasteiger partial charge in [0.2, 0.25) is 11.7 Å². The number of carbonyl (C=O) groups is 2. The second-order valence-corrected chi connectivity index (χ2v) is 7.18. The molecule has 1 aliphatic rings. The highest BCUT2D eigenvalue weighted by molar-refractivity contribution is 5.99. The van der Waals surface area contributed by atoms with E-state index in [4.69, 9.17) is 9.47 Å². The van der Waals surface area contributed by atoms with Gasteiger partial charge in [-0.1, -0.05) is 30.3 Å². The fraction of sp³-hybridized carbons (Fsp3) is 0.273. The average Bonchev–Trinajstić information content (AvgIpc) is 2.79. The van der Waals surface area contributed by atoms with Crippen LogP contribution in [-0.2, 0) is 16.1 Å². The van der Waals surface area contributed by atoms with E-state index in [0.29, 0.717) is 18.8 Å². The molecule has 0 spiro atoms. The van der Waals surface area contributed by atoms with Gasteiger partial charge in [0.05, 0.1) is 19.3 Å². The van der Waals surface area contributed by atoms with Crippen LogP contribution < -0.4 is 20.5 Å². The SMILES string of the molecule is COC(=O)c1nc2c(N3CCNCC3=O)cc(C)cn2c(=O)c1OCc1ccccc1. The number of aryl methyl sites for hydroxylation is 1. The number of benzene rings is 1. The molecule has 0 radical (unpaired) electrons. The molecule has 0 saturated carbocycles. The number of nitrogens with zero attached hydrogens (tertiary/aromatic N) is 3. The van der Waals surface area contributed by atoms with Crippen LogP contribution in [0.25, 0.3) is 5.65 Å². The lowest BCUT2D eigenvalue weighted by atomic mass is 10.2. The van der Waals surface area contributed by atoms with Crippen LogP contribution in [0.1, 0.15) is 21.6 Å². The topological polar surface area (TPSA) is 102 Å². The molecule has 31 heavy (non-hydrogen) atoms. The molecule has 0 unspecified atom stereocenters. The lowest BCUT2D eigenvalue weighted by Gasteiger charge is -2.28. The maximum absolute atomic E-state index is 13.3. The van der Waals surface area contributed by atoms with Gasteiger partial charge >= 0.3 is 11.5 Å². The zero-order chi connectivity index (χ0) is 22.0. The van der Waals surface area contributed by atoms with Crippen LogP contribution in [-0.4, -0.2) is 48.0 Å². The zero-order valence-corrected chi connectivity index (χ0v) is 17.3. The predicted molar refractivity (Wildman–Crippen MR) is 114 cm³/mol. The van der Waals surface area contributed by atoms with Crippen LogP contribution in [0.4, 0.5) is 5.69 Å². The molecule has 9 nitrogen and oxygen atoms in total. The number of ether oxygens (including phenoxy) is 2. The molecule has 4 rings (SSSR count). The summed E-state index contributed by atoms with van der Waals surface area (Å²) in [7, 11) is 1.21. The number of hydrogen-bond donors (Lipinski definition) is 1. The van der Waals surface area contributed by atoms with Crippen molar-refractivity contribution in [3.8, 4) is 5.75 Å². The van der Waals surface area contributed by atoms with Crippen molar-refractivity contribution in [3.63, 3.8) is 0 Å². The molecule has 1 fully saturated rings. The first-order chi connectivity index (χ1) is 15.0. The van der Waals surface area contributed by atoms with Crippen molar-refractivity contribution in [3.05, 3.63) is 69.8 Å². The van der Waals surface area contributed by atoms with Gasteiger partial charge in [-0.2, -0.15) is 0 Å². The number of nitrogens with one attached hydrogen (secondary N) is 1. The van der Waals surface area contributed by atoms with Gasteiger partial charge in [0.1, 0.15) is 6.61 Å². The van der Waals surface area contributed by atoms with Crippen molar-refractivity contribution in [1.29, 1.82) is 0 Å². The second-order valence-electron chi connectivity index (χ2n) is 7.18. The number of aromatic nitrogens is 2. The highest BCUT2D eigenvalue weighted by Gasteiger charge is 2.27. The van der Waals surface area contributed by atoms with Crippen molar-refractivity contribution >= 4 is 23.2 Å². The van der Waals surface area contributed by atoms with E-state index in [9.17, 15) is 14.4 Å². The van der Waals surface area contributed by atoms with Crippen molar-refractivity contribution in [2.75, 3.05) is 31.6 Å². The van der Waals surface area contributed by atoms with E-state index < -0.39 is 11.5 Å². The molecule has 3 aromatic rings. The summed E-state index contributed by atoms with van der Waals surface area (Å²) in [6, 6.07) is 11.1. The van der Waals surface area contributed by atoms with E-state index in [1.54, 1.807) is 17.2 Å². The molecule has 1 saturated heterocycles. The minimum absolute atomic E-state index is 0.0861. The summed E-state index contributed by atoms with van der Waals surface area (Å²) in [5.74, 6) is -1.13. The van der Waals surface area contributed by atoms with E-state index in [1.807, 2.05) is 37.3 Å². The fourth-order valence-corrected chi connectivity index (χ4v) is 3.49. The molecular formula is C22H22N4O5. The number of anilines is 1. The van der Waals surface area contributed by atoms with Gasteiger partial charge in [0, 0.05) is 19.3 Å². The van der Waals surface area contributed by atoms with Crippen LogP contribution in [0.3, 0.4) is 0 Å². The van der Waals surface area contributed by atoms with Gasteiger partial charge in [0.25, 0.3) is 0 Å². The first-order valence-corrected chi connectivity index (χ1v) is 9.82. The molecule has 1 N–H and O–H groups in total. The van der Waals surface area contributed by atoms with E-state index in [0.717, 1.165) is 11.1 Å². The third-order valence-corrected chi connectivity index (χ3v) is 4.99. The molecule has 9 heteroatoms. The first kappa shape index (κ1) is 20.5. The Morgan fingerprint density at radius 2 is 2.00 bits per heavy atom. The summed E-state index contributed by atoms with van der Waals surface area (Å²) < 4.78 is 11.9. The van der Waals surface area contributed by atoms with E-state index in [-0.39, 0.29) is 36.1 Å². The smallest absolute Gasteiger partial charge is 0.360 e. The van der Waals surface area contributed by atoms with E-state index >= 15 is 0 Å². The number of rotatable bonds is 5. The van der Waals surface area contributed by atoms with Crippen molar-refractivity contribution < 1.29 is 19.1 Å². The summed E-state index contributed by atoms with van der Waals surface area (Å²) in [5.41, 5.74) is 1.48. The minimum atomic E-state index is -0.791. The number of hydrogen-bond acceptors (Lipinski definition) is 7. The maximum Gasteiger partial charge on any atom is 0.360 e. The maximum atomic E-state index is 13.3. The quantitative estimate of drug-likeness (QED) is 0.619. The van der Waals surface area contributed by atoms with Gasteiger partial charge in [-0.05, 0) is 24.1 Å². The van der Waals surface area contributed by atoms with Crippen LogP contribution in [0.15, 0.2) is 47.4 Å². The zero-order valence-electron chi connectivity index (χ0n) is 17.3. The largest absolute Gasteiger partial charge is 0.481 e. The van der Waals surface area contributed by atoms with Crippen LogP contribution >= 0.6 is 0 Å². The molecule has 3 heterocycles. The number of methoxy groups -OCH3 is 1. The Morgan fingerprint density at radius 1 is 1.23 bits per heavy atom. The molecule has 2 aromatic heterocycles. The van der Waals surface area contributed by atoms with Crippen LogP contribution in [0, 0.1) is 6.92 Å². The van der Waals surface area contributed by atoms with Gasteiger partial charge < -0.3 is 19.7 Å². The third-order valence-electron chi connectivity index (χ3n) is 4.99. The van der Waals surface area contributed by atoms with Gasteiger partial charge in [-0.25, -0.2) is 9.78 Å². The minimum Gasteiger partial charge on any atom is -0.481 e. The van der Waals surface area contributed by atoms with Crippen LogP contribution in [0.2, 0.25) is 0 Å². The molecule has 0 atom stereocenters. The van der Waals surface area contributed by atoms with Crippen molar-refractivity contribution in [2.45, 2.75) is 13.5 Å². The first-order valence-electron chi connectivity index (χ1n) is 9.82. The van der Waals surface area contributed by atoms with Crippen molar-refractivity contribution in [2.24, 2.45) is 0 Å². The summed E-state index contributed by atoms with van der Waals surface area (Å²) in [5, 5.41) is 3.01. The fourth-order valence-electron chi connectivity index (χ4n) is 3.49. The summed E-state index contributed by atoms with van der Waals surface area (Å²) >= 11 is 0. The average molecular weight is 422 g/mol. The van der Waals surface area contributed by atoms with Gasteiger partial charge in [0.15, 0.2) is 11.3 Å². The van der Waals surface area contributed by atoms with E-state index in [2.05, 4.69) is 10.3 Å². The third kappa shape index (κ3) is 3.99. The van der Waals surface area contributed by atoms with Gasteiger partial charge in [-0.15, -0.1) is 0 Å². The molecular weight excluding hydrogens is 400 g/mol. The van der Waals surface area contributed by atoms with Crippen LogP contribution in [0.5, 0.6) is 5.75 Å². The summed E-state index contributed by atoms with van der Waals surface area (Å²) in [6.45, 7) is 3.13. The normalized spacial score (nSPS) is 14.0. The molecule has 1 aliphatic heterocycles. The Balaban J connectivity index is 1.88. The Kier molecular flexibility index (Phi) is 5.68.